The molecule has 196 valence electrons. The van der Waals surface area contributed by atoms with E-state index >= 15 is 0 Å². The summed E-state index contributed by atoms with van der Waals surface area (Å²) in [4.78, 5) is 44.4. The average Bonchev–Trinajstić information content (AvgIpc) is 3.37. The number of ketones is 1. The Hall–Kier alpha value is -3.17. The minimum Gasteiger partial charge on any atom is -0.451 e. The van der Waals surface area contributed by atoms with Gasteiger partial charge in [0.15, 0.2) is 11.5 Å². The van der Waals surface area contributed by atoms with E-state index in [9.17, 15) is 14.4 Å². The van der Waals surface area contributed by atoms with Crippen molar-refractivity contribution in [3.63, 3.8) is 0 Å². The van der Waals surface area contributed by atoms with Gasteiger partial charge in [0.25, 0.3) is 5.91 Å². The molecule has 9 heteroatoms. The fraction of sp³-hybridized carbons (Fsp3) is 0.429. The highest BCUT2D eigenvalue weighted by Gasteiger charge is 2.43. The van der Waals surface area contributed by atoms with Gasteiger partial charge < -0.3 is 15.1 Å². The zero-order chi connectivity index (χ0) is 26.3. The minimum atomic E-state index is -1.09. The minimum absolute atomic E-state index is 0.0650. The summed E-state index contributed by atoms with van der Waals surface area (Å²) in [6.45, 7) is 4.02. The van der Waals surface area contributed by atoms with Crippen LogP contribution < -0.4 is 15.4 Å². The lowest BCUT2D eigenvalue weighted by molar-refractivity contribution is -0.133. The zero-order valence-electron chi connectivity index (χ0n) is 21.3. The van der Waals surface area contributed by atoms with Crippen molar-refractivity contribution < 1.29 is 18.8 Å². The van der Waals surface area contributed by atoms with Crippen molar-refractivity contribution in [2.75, 3.05) is 6.54 Å². The lowest BCUT2D eigenvalue weighted by Crippen LogP contribution is -2.63. The Bertz CT molecular complexity index is 1190. The topological polar surface area (TPSA) is 113 Å². The maximum Gasteiger partial charge on any atom is 0.287 e. The summed E-state index contributed by atoms with van der Waals surface area (Å²) in [5.41, 5.74) is -0.468. The number of benzene rings is 1. The van der Waals surface area contributed by atoms with Crippen LogP contribution in [0.15, 0.2) is 64.2 Å². The van der Waals surface area contributed by atoms with Crippen LogP contribution in [-0.2, 0) is 9.59 Å². The summed E-state index contributed by atoms with van der Waals surface area (Å²) < 4.78 is 8.80. The number of carbonyl (C=O) groups is 3. The van der Waals surface area contributed by atoms with Crippen molar-refractivity contribution in [2.24, 2.45) is 5.92 Å². The smallest absolute Gasteiger partial charge is 0.287 e. The van der Waals surface area contributed by atoms with E-state index in [4.69, 9.17) is 4.42 Å². The number of hydrogen-bond donors (Lipinski definition) is 3. The predicted molar refractivity (Wildman–Crippen MR) is 144 cm³/mol. The summed E-state index contributed by atoms with van der Waals surface area (Å²) >= 11 is 1.28. The first-order chi connectivity index (χ1) is 17.9. The molecule has 0 bridgehead atoms. The van der Waals surface area contributed by atoms with Gasteiger partial charge in [-0.3, -0.25) is 19.1 Å². The number of nitrogens with zero attached hydrogens (tertiary/aromatic N) is 1. The molecule has 2 heterocycles. The lowest BCUT2D eigenvalue weighted by Gasteiger charge is -2.38. The van der Waals surface area contributed by atoms with E-state index < -0.39 is 17.5 Å². The molecule has 37 heavy (non-hydrogen) atoms. The van der Waals surface area contributed by atoms with Gasteiger partial charge in [-0.25, -0.2) is 4.98 Å². The van der Waals surface area contributed by atoms with Crippen LogP contribution in [0.25, 0.3) is 11.0 Å². The fourth-order valence-corrected chi connectivity index (χ4v) is 5.31. The second kappa shape index (κ2) is 12.4. The Morgan fingerprint density at radius 1 is 1.08 bits per heavy atom. The Balaban J connectivity index is 1.46. The van der Waals surface area contributed by atoms with E-state index in [1.807, 2.05) is 50.2 Å². The van der Waals surface area contributed by atoms with Crippen LogP contribution in [0.2, 0.25) is 0 Å². The number of rotatable bonds is 11. The van der Waals surface area contributed by atoms with Gasteiger partial charge in [-0.2, -0.15) is 0 Å². The number of carbonyl (C=O) groups excluding carboxylic acids is 3. The van der Waals surface area contributed by atoms with Crippen LogP contribution in [0.1, 0.15) is 62.9 Å². The normalized spacial score (nSPS) is 16.6. The highest BCUT2D eigenvalue weighted by molar-refractivity contribution is 7.97. The number of hydrogen-bond acceptors (Lipinski definition) is 7. The third kappa shape index (κ3) is 6.59. The lowest BCUT2D eigenvalue weighted by atomic mass is 9.80. The quantitative estimate of drug-likeness (QED) is 0.314. The largest absolute Gasteiger partial charge is 0.451 e. The number of aromatic nitrogens is 1. The number of amides is 2. The Morgan fingerprint density at radius 2 is 1.84 bits per heavy atom. The van der Waals surface area contributed by atoms with Gasteiger partial charge in [0.05, 0.1) is 12.6 Å². The summed E-state index contributed by atoms with van der Waals surface area (Å²) in [6.07, 6.45) is 6.08. The molecule has 1 aromatic carbocycles. The van der Waals surface area contributed by atoms with Gasteiger partial charge in [-0.05, 0) is 55.0 Å². The van der Waals surface area contributed by atoms with Gasteiger partial charge >= 0.3 is 0 Å². The first-order valence-electron chi connectivity index (χ1n) is 12.9. The van der Waals surface area contributed by atoms with E-state index in [1.165, 1.54) is 11.9 Å². The van der Waals surface area contributed by atoms with Crippen LogP contribution >= 0.6 is 11.9 Å². The van der Waals surface area contributed by atoms with Crippen LogP contribution in [0.3, 0.4) is 0 Å². The predicted octanol–water partition coefficient (Wildman–Crippen LogP) is 4.66. The molecule has 3 aromatic rings. The first-order valence-corrected chi connectivity index (χ1v) is 13.7. The fourth-order valence-electron chi connectivity index (χ4n) is 4.69. The van der Waals surface area contributed by atoms with Crippen molar-refractivity contribution in [3.05, 3.63) is 60.5 Å². The van der Waals surface area contributed by atoms with E-state index in [0.717, 1.165) is 36.1 Å². The molecule has 3 N–H and O–H groups in total. The van der Waals surface area contributed by atoms with Crippen molar-refractivity contribution in [3.8, 4) is 0 Å². The Labute approximate surface area is 221 Å². The number of nitrogens with one attached hydrogen (secondary N) is 3. The monoisotopic (exact) mass is 522 g/mol. The molecule has 0 spiro atoms. The highest BCUT2D eigenvalue weighted by Crippen LogP contribution is 2.30. The molecule has 0 radical (unpaired) electrons. The molecule has 2 amide bonds. The maximum atomic E-state index is 13.7. The second-order valence-corrected chi connectivity index (χ2v) is 10.6. The van der Waals surface area contributed by atoms with Crippen LogP contribution in [-0.4, -0.2) is 40.7 Å². The number of pyridine rings is 1. The summed E-state index contributed by atoms with van der Waals surface area (Å²) in [6, 6.07) is 14.0. The highest BCUT2D eigenvalue weighted by atomic mass is 32.2. The molecule has 1 saturated carbocycles. The van der Waals surface area contributed by atoms with Gasteiger partial charge in [0.2, 0.25) is 5.91 Å². The van der Waals surface area contributed by atoms with Crippen LogP contribution in [0.5, 0.6) is 0 Å². The molecule has 2 aromatic heterocycles. The van der Waals surface area contributed by atoms with Gasteiger partial charge in [-0.1, -0.05) is 63.8 Å². The van der Waals surface area contributed by atoms with Crippen molar-refractivity contribution in [1.29, 1.82) is 0 Å². The molecule has 1 fully saturated rings. The molecule has 8 nitrogen and oxygen atoms in total. The van der Waals surface area contributed by atoms with Crippen molar-refractivity contribution in [1.82, 2.24) is 20.3 Å². The summed E-state index contributed by atoms with van der Waals surface area (Å²) in [7, 11) is 0. The number of para-hydroxylation sites is 1. The molecule has 0 saturated heterocycles. The van der Waals surface area contributed by atoms with E-state index in [2.05, 4.69) is 20.3 Å². The molecular weight excluding hydrogens is 488 g/mol. The van der Waals surface area contributed by atoms with Crippen molar-refractivity contribution in [2.45, 2.75) is 69.0 Å². The average molecular weight is 523 g/mol. The standard InChI is InChI=1S/C28H34N4O4S/c1-3-19(2)25(21(33)18-30-37-24-13-7-10-16-29-24)31-27(35)28(14-8-4-9-15-28)32-26(34)23-17-20-11-5-6-12-22(20)36-23/h5-7,10-13,16-17,19,25,30H,3-4,8-9,14-15,18H2,1-2H3,(H,31,35)(H,32,34). The second-order valence-electron chi connectivity index (χ2n) is 9.64. The Morgan fingerprint density at radius 3 is 2.54 bits per heavy atom. The number of fused-ring (bicyclic) bond motifs is 1. The number of Topliss-reactive ketones (excluding diaryl/α,β-unsaturated/α-hetero) is 1. The van der Waals surface area contributed by atoms with Crippen molar-refractivity contribution >= 4 is 40.5 Å². The molecule has 2 unspecified atom stereocenters. The zero-order valence-corrected chi connectivity index (χ0v) is 22.1. The molecule has 0 aliphatic heterocycles. The van der Waals surface area contributed by atoms with E-state index in [-0.39, 0.29) is 29.9 Å². The summed E-state index contributed by atoms with van der Waals surface area (Å²) in [5.74, 6) is -0.740. The van der Waals surface area contributed by atoms with Crippen LogP contribution in [0.4, 0.5) is 0 Å². The third-order valence-electron chi connectivity index (χ3n) is 7.05. The molecular formula is C28H34N4O4S. The Kier molecular flexibility index (Phi) is 9.00. The molecule has 1 aliphatic carbocycles. The molecule has 4 rings (SSSR count). The van der Waals surface area contributed by atoms with Gasteiger partial charge in [0.1, 0.15) is 16.1 Å². The van der Waals surface area contributed by atoms with E-state index in [0.29, 0.717) is 18.4 Å². The third-order valence-corrected chi connectivity index (χ3v) is 7.79. The van der Waals surface area contributed by atoms with Gasteiger partial charge in [-0.15, -0.1) is 0 Å². The molecule has 1 aliphatic rings. The SMILES string of the molecule is CCC(C)C(NC(=O)C1(NC(=O)c2cc3ccccc3o2)CCCCC1)C(=O)CNSc1ccccn1. The van der Waals surface area contributed by atoms with E-state index in [1.54, 1.807) is 18.3 Å². The summed E-state index contributed by atoms with van der Waals surface area (Å²) in [5, 5.41) is 7.59. The molecule has 2 atom stereocenters. The first kappa shape index (κ1) is 26.9. The van der Waals surface area contributed by atoms with Crippen LogP contribution in [0, 0.1) is 5.92 Å². The number of furan rings is 1. The van der Waals surface area contributed by atoms with Gasteiger partial charge in [0, 0.05) is 11.6 Å². The maximum absolute atomic E-state index is 13.7.